The monoisotopic (exact) mass is 386 g/mol. The van der Waals surface area contributed by atoms with Crippen LogP contribution in [0.3, 0.4) is 0 Å². The number of nitrogens with zero attached hydrogens (tertiary/aromatic N) is 3. The summed E-state index contributed by atoms with van der Waals surface area (Å²) in [5, 5.41) is 13.4. The standard InChI is InChI=1S/C23H22N4O2/c1-29-19-7-2-5-16(13-19)17-8-9-21-20(14-17)23(25-11-4-12-28)27-22(26-21)18-6-3-10-24-15-18/h2-3,5-10,13-15,28H,4,11-12H2,1H3,(H,25,26,27). The molecule has 0 aliphatic rings. The Morgan fingerprint density at radius 2 is 1.83 bits per heavy atom. The van der Waals surface area contributed by atoms with Crippen LogP contribution in [0.4, 0.5) is 5.82 Å². The molecular formula is C23H22N4O2. The van der Waals surface area contributed by atoms with Crippen LogP contribution in [0.15, 0.2) is 67.0 Å². The second-order valence-corrected chi connectivity index (χ2v) is 6.61. The van der Waals surface area contributed by atoms with Gasteiger partial charge in [-0.1, -0.05) is 18.2 Å². The normalized spacial score (nSPS) is 10.8. The maximum absolute atomic E-state index is 9.14. The van der Waals surface area contributed by atoms with Crippen molar-refractivity contribution in [3.8, 4) is 28.3 Å². The molecule has 4 aromatic rings. The fourth-order valence-corrected chi connectivity index (χ4v) is 3.16. The predicted molar refractivity (Wildman–Crippen MR) is 115 cm³/mol. The van der Waals surface area contributed by atoms with Gasteiger partial charge in [-0.2, -0.15) is 0 Å². The van der Waals surface area contributed by atoms with E-state index in [1.54, 1.807) is 19.5 Å². The molecule has 2 aromatic heterocycles. The van der Waals surface area contributed by atoms with Crippen LogP contribution in [0, 0.1) is 0 Å². The second kappa shape index (κ2) is 8.67. The lowest BCUT2D eigenvalue weighted by atomic mass is 10.0. The summed E-state index contributed by atoms with van der Waals surface area (Å²) in [6.07, 6.45) is 4.12. The van der Waals surface area contributed by atoms with Crippen LogP contribution in [0.5, 0.6) is 5.75 Å². The molecule has 2 N–H and O–H groups in total. The number of rotatable bonds is 7. The number of aliphatic hydroxyl groups excluding tert-OH is 1. The highest BCUT2D eigenvalue weighted by Gasteiger charge is 2.11. The van der Waals surface area contributed by atoms with Gasteiger partial charge in [-0.15, -0.1) is 0 Å². The van der Waals surface area contributed by atoms with Gasteiger partial charge in [0.2, 0.25) is 0 Å². The van der Waals surface area contributed by atoms with Gasteiger partial charge in [-0.05, 0) is 53.9 Å². The fraction of sp³-hybridized carbons (Fsp3) is 0.174. The van der Waals surface area contributed by atoms with Crippen LogP contribution < -0.4 is 10.1 Å². The van der Waals surface area contributed by atoms with E-state index in [-0.39, 0.29) is 6.61 Å². The molecule has 0 unspecified atom stereocenters. The Hall–Kier alpha value is -3.51. The number of pyridine rings is 1. The molecule has 0 spiro atoms. The van der Waals surface area contributed by atoms with E-state index in [2.05, 4.69) is 22.4 Å². The van der Waals surface area contributed by atoms with Gasteiger partial charge in [0.15, 0.2) is 5.82 Å². The summed E-state index contributed by atoms with van der Waals surface area (Å²) in [4.78, 5) is 13.7. The summed E-state index contributed by atoms with van der Waals surface area (Å²) in [6, 6.07) is 17.9. The third-order valence-electron chi connectivity index (χ3n) is 4.65. The molecule has 2 heterocycles. The van der Waals surface area contributed by atoms with E-state index < -0.39 is 0 Å². The van der Waals surface area contributed by atoms with Crippen molar-refractivity contribution in [1.82, 2.24) is 15.0 Å². The Morgan fingerprint density at radius 1 is 0.966 bits per heavy atom. The van der Waals surface area contributed by atoms with Crippen LogP contribution >= 0.6 is 0 Å². The Labute approximate surface area is 169 Å². The molecule has 0 atom stereocenters. The van der Waals surface area contributed by atoms with E-state index in [1.807, 2.05) is 42.5 Å². The molecule has 4 rings (SSSR count). The van der Waals surface area contributed by atoms with E-state index in [0.29, 0.717) is 18.8 Å². The number of aliphatic hydroxyl groups is 1. The van der Waals surface area contributed by atoms with Crippen LogP contribution in [0.1, 0.15) is 6.42 Å². The second-order valence-electron chi connectivity index (χ2n) is 6.61. The van der Waals surface area contributed by atoms with Gasteiger partial charge in [0.25, 0.3) is 0 Å². The van der Waals surface area contributed by atoms with Crippen LogP contribution in [-0.2, 0) is 0 Å². The first-order chi connectivity index (χ1) is 14.3. The molecule has 0 saturated heterocycles. The number of methoxy groups -OCH3 is 1. The van der Waals surface area contributed by atoms with Crippen molar-refractivity contribution in [2.24, 2.45) is 0 Å². The van der Waals surface area contributed by atoms with Crippen molar-refractivity contribution in [2.75, 3.05) is 25.6 Å². The highest BCUT2D eigenvalue weighted by molar-refractivity contribution is 5.94. The van der Waals surface area contributed by atoms with Gasteiger partial charge in [0.05, 0.1) is 12.6 Å². The van der Waals surface area contributed by atoms with Gasteiger partial charge in [0, 0.05) is 36.5 Å². The molecule has 0 amide bonds. The predicted octanol–water partition coefficient (Wildman–Crippen LogP) is 4.16. The average Bonchev–Trinajstić information content (AvgIpc) is 2.79. The Kier molecular flexibility index (Phi) is 5.63. The van der Waals surface area contributed by atoms with Gasteiger partial charge in [-0.25, -0.2) is 9.97 Å². The van der Waals surface area contributed by atoms with Crippen molar-refractivity contribution in [3.63, 3.8) is 0 Å². The van der Waals surface area contributed by atoms with Crippen LogP contribution in [0.2, 0.25) is 0 Å². The number of hydrogen-bond acceptors (Lipinski definition) is 6. The fourth-order valence-electron chi connectivity index (χ4n) is 3.16. The molecule has 2 aromatic carbocycles. The van der Waals surface area contributed by atoms with Gasteiger partial charge >= 0.3 is 0 Å². The van der Waals surface area contributed by atoms with Gasteiger partial charge in [0.1, 0.15) is 11.6 Å². The zero-order valence-corrected chi connectivity index (χ0v) is 16.2. The topological polar surface area (TPSA) is 80.2 Å². The Morgan fingerprint density at radius 3 is 2.62 bits per heavy atom. The molecule has 0 aliphatic heterocycles. The molecule has 0 aliphatic carbocycles. The molecule has 29 heavy (non-hydrogen) atoms. The lowest BCUT2D eigenvalue weighted by Gasteiger charge is -2.12. The average molecular weight is 386 g/mol. The van der Waals surface area contributed by atoms with Gasteiger partial charge < -0.3 is 15.2 Å². The van der Waals surface area contributed by atoms with E-state index in [1.165, 1.54) is 0 Å². The van der Waals surface area contributed by atoms with Crippen molar-refractivity contribution >= 4 is 16.7 Å². The molecular weight excluding hydrogens is 364 g/mol. The van der Waals surface area contributed by atoms with Crippen LogP contribution in [-0.4, -0.2) is 40.3 Å². The first-order valence-electron chi connectivity index (χ1n) is 9.50. The van der Waals surface area contributed by atoms with Gasteiger partial charge in [-0.3, -0.25) is 4.98 Å². The molecule has 0 bridgehead atoms. The Balaban J connectivity index is 1.82. The number of hydrogen-bond donors (Lipinski definition) is 2. The minimum atomic E-state index is 0.126. The van der Waals surface area contributed by atoms with Crippen LogP contribution in [0.25, 0.3) is 33.4 Å². The lowest BCUT2D eigenvalue weighted by Crippen LogP contribution is -2.07. The summed E-state index contributed by atoms with van der Waals surface area (Å²) in [5.41, 5.74) is 3.82. The van der Waals surface area contributed by atoms with Crippen molar-refractivity contribution in [2.45, 2.75) is 6.42 Å². The third-order valence-corrected chi connectivity index (χ3v) is 4.65. The number of fused-ring (bicyclic) bond motifs is 1. The molecule has 0 saturated carbocycles. The summed E-state index contributed by atoms with van der Waals surface area (Å²) >= 11 is 0. The smallest absolute Gasteiger partial charge is 0.163 e. The van der Waals surface area contributed by atoms with E-state index in [0.717, 1.165) is 39.2 Å². The maximum atomic E-state index is 9.14. The first kappa shape index (κ1) is 18.8. The molecule has 0 radical (unpaired) electrons. The summed E-state index contributed by atoms with van der Waals surface area (Å²) in [7, 11) is 1.66. The number of nitrogens with one attached hydrogen (secondary N) is 1. The molecule has 6 nitrogen and oxygen atoms in total. The van der Waals surface area contributed by atoms with E-state index >= 15 is 0 Å². The first-order valence-corrected chi connectivity index (χ1v) is 9.50. The summed E-state index contributed by atoms with van der Waals surface area (Å²) in [5.74, 6) is 2.17. The SMILES string of the molecule is COc1cccc(-c2ccc3nc(-c4cccnc4)nc(NCCCO)c3c2)c1. The molecule has 0 fully saturated rings. The number of benzene rings is 2. The highest BCUT2D eigenvalue weighted by Crippen LogP contribution is 2.30. The number of ether oxygens (including phenoxy) is 1. The maximum Gasteiger partial charge on any atom is 0.163 e. The van der Waals surface area contributed by atoms with E-state index in [9.17, 15) is 0 Å². The minimum Gasteiger partial charge on any atom is -0.497 e. The van der Waals surface area contributed by atoms with E-state index in [4.69, 9.17) is 19.8 Å². The zero-order chi connectivity index (χ0) is 20.1. The number of aromatic nitrogens is 3. The number of anilines is 1. The van der Waals surface area contributed by atoms with Crippen molar-refractivity contribution in [3.05, 3.63) is 67.0 Å². The summed E-state index contributed by atoms with van der Waals surface area (Å²) in [6.45, 7) is 0.749. The van der Waals surface area contributed by atoms with Crippen molar-refractivity contribution < 1.29 is 9.84 Å². The largest absolute Gasteiger partial charge is 0.497 e. The molecule has 146 valence electrons. The summed E-state index contributed by atoms with van der Waals surface area (Å²) < 4.78 is 5.35. The highest BCUT2D eigenvalue weighted by atomic mass is 16.5. The lowest BCUT2D eigenvalue weighted by molar-refractivity contribution is 0.292. The van der Waals surface area contributed by atoms with Crippen molar-refractivity contribution in [1.29, 1.82) is 0 Å². The zero-order valence-electron chi connectivity index (χ0n) is 16.2. The quantitative estimate of drug-likeness (QED) is 0.464. The molecule has 6 heteroatoms. The third kappa shape index (κ3) is 4.17. The minimum absolute atomic E-state index is 0.126. The Bertz CT molecular complexity index is 1120.